The summed E-state index contributed by atoms with van der Waals surface area (Å²) in [4.78, 5) is 28.3. The fraction of sp³-hybridized carbons (Fsp3) is 0.579. The van der Waals surface area contributed by atoms with Gasteiger partial charge in [-0.2, -0.15) is 0 Å². The summed E-state index contributed by atoms with van der Waals surface area (Å²) >= 11 is 0. The first-order valence-electron chi connectivity index (χ1n) is 8.92. The molecule has 3 rings (SSSR count). The van der Waals surface area contributed by atoms with E-state index in [1.165, 1.54) is 19.8 Å². The van der Waals surface area contributed by atoms with Crippen molar-refractivity contribution in [1.82, 2.24) is 9.80 Å². The molecule has 2 heterocycles. The molecule has 5 nitrogen and oxygen atoms in total. The van der Waals surface area contributed by atoms with Gasteiger partial charge in [0, 0.05) is 19.1 Å². The number of amides is 1. The molecule has 0 radical (unpaired) electrons. The highest BCUT2D eigenvalue weighted by atomic mass is 16.6. The van der Waals surface area contributed by atoms with Gasteiger partial charge in [-0.3, -0.25) is 9.69 Å². The summed E-state index contributed by atoms with van der Waals surface area (Å²) in [5.41, 5.74) is 1.56. The van der Waals surface area contributed by atoms with Crippen molar-refractivity contribution in [3.05, 3.63) is 29.3 Å². The Morgan fingerprint density at radius 1 is 1.04 bits per heavy atom. The zero-order valence-corrected chi connectivity index (χ0v) is 14.6. The first-order chi connectivity index (χ1) is 11.6. The highest BCUT2D eigenvalue weighted by Crippen LogP contribution is 2.30. The fourth-order valence-corrected chi connectivity index (χ4v) is 3.57. The van der Waals surface area contributed by atoms with Crippen LogP contribution in [-0.2, 0) is 0 Å². The summed E-state index contributed by atoms with van der Waals surface area (Å²) in [7, 11) is 0. The van der Waals surface area contributed by atoms with Crippen LogP contribution in [-0.4, -0.2) is 47.9 Å². The molecule has 5 heteroatoms. The number of carbonyl (C=O) groups is 2. The summed E-state index contributed by atoms with van der Waals surface area (Å²) in [5, 5.41) is 0. The van der Waals surface area contributed by atoms with Gasteiger partial charge in [0.05, 0.1) is 5.56 Å². The quantitative estimate of drug-likeness (QED) is 0.791. The van der Waals surface area contributed by atoms with Crippen LogP contribution in [0.1, 0.15) is 61.5 Å². The number of ketones is 1. The molecule has 2 aliphatic heterocycles. The molecule has 1 atom stereocenters. The monoisotopic (exact) mass is 330 g/mol. The molecule has 0 spiro atoms. The van der Waals surface area contributed by atoms with Gasteiger partial charge < -0.3 is 9.64 Å². The van der Waals surface area contributed by atoms with Gasteiger partial charge in [0.2, 0.25) is 0 Å². The molecule has 2 saturated heterocycles. The molecule has 0 N–H and O–H groups in total. The number of carbonyl (C=O) groups excluding carboxylic acids is 2. The number of rotatable bonds is 4. The molecular formula is C19H26N2O3. The van der Waals surface area contributed by atoms with E-state index in [-0.39, 0.29) is 17.9 Å². The van der Waals surface area contributed by atoms with E-state index in [1.54, 1.807) is 11.0 Å². The van der Waals surface area contributed by atoms with Crippen molar-refractivity contribution in [1.29, 1.82) is 0 Å². The summed E-state index contributed by atoms with van der Waals surface area (Å²) in [6, 6.07) is 5.90. The maximum absolute atomic E-state index is 12.3. The van der Waals surface area contributed by atoms with Gasteiger partial charge >= 0.3 is 6.09 Å². The second kappa shape index (κ2) is 7.34. The molecule has 0 aliphatic carbocycles. The molecule has 1 aromatic rings. The van der Waals surface area contributed by atoms with Gasteiger partial charge in [-0.15, -0.1) is 0 Å². The number of hydrogen-bond donors (Lipinski definition) is 0. The Morgan fingerprint density at radius 3 is 2.29 bits per heavy atom. The standard InChI is InChI=1S/C19H26N2O3/c1-14(20-9-3-4-10-20)16-7-8-17(15(2)22)18(13-16)24-19(23)21-11-5-6-12-21/h7-8,13-14H,3-6,9-12H2,1-2H3. The lowest BCUT2D eigenvalue weighted by molar-refractivity contribution is 0.101. The van der Waals surface area contributed by atoms with Crippen molar-refractivity contribution in [2.24, 2.45) is 0 Å². The van der Waals surface area contributed by atoms with Gasteiger partial charge in [-0.1, -0.05) is 6.07 Å². The van der Waals surface area contributed by atoms with E-state index in [9.17, 15) is 9.59 Å². The molecule has 0 saturated carbocycles. The van der Waals surface area contributed by atoms with Crippen molar-refractivity contribution >= 4 is 11.9 Å². The molecule has 1 aromatic carbocycles. The maximum Gasteiger partial charge on any atom is 0.415 e. The summed E-state index contributed by atoms with van der Waals surface area (Å²) < 4.78 is 5.59. The predicted molar refractivity (Wildman–Crippen MR) is 92.5 cm³/mol. The van der Waals surface area contributed by atoms with E-state index >= 15 is 0 Å². The minimum atomic E-state index is -0.346. The Labute approximate surface area is 143 Å². The normalized spacial score (nSPS) is 19.5. The van der Waals surface area contributed by atoms with Crippen LogP contribution in [0.5, 0.6) is 5.75 Å². The average molecular weight is 330 g/mol. The molecule has 1 unspecified atom stereocenters. The van der Waals surface area contributed by atoms with E-state index in [2.05, 4.69) is 11.8 Å². The van der Waals surface area contributed by atoms with Crippen molar-refractivity contribution in [3.8, 4) is 5.75 Å². The molecular weight excluding hydrogens is 304 g/mol. The third-order valence-corrected chi connectivity index (χ3v) is 5.12. The Morgan fingerprint density at radius 2 is 1.67 bits per heavy atom. The molecule has 130 valence electrons. The summed E-state index contributed by atoms with van der Waals surface area (Å²) in [5.74, 6) is 0.308. The first-order valence-corrected chi connectivity index (χ1v) is 8.92. The highest BCUT2D eigenvalue weighted by molar-refractivity contribution is 5.97. The van der Waals surface area contributed by atoms with Crippen LogP contribution in [0, 0.1) is 0 Å². The topological polar surface area (TPSA) is 49.9 Å². The zero-order chi connectivity index (χ0) is 17.1. The van der Waals surface area contributed by atoms with Crippen molar-refractivity contribution in [3.63, 3.8) is 0 Å². The third kappa shape index (κ3) is 3.61. The number of ether oxygens (including phenoxy) is 1. The minimum absolute atomic E-state index is 0.0837. The van der Waals surface area contributed by atoms with Crippen LogP contribution in [0.2, 0.25) is 0 Å². The van der Waals surface area contributed by atoms with Crippen LogP contribution < -0.4 is 4.74 Å². The van der Waals surface area contributed by atoms with E-state index < -0.39 is 0 Å². The second-order valence-electron chi connectivity index (χ2n) is 6.79. The van der Waals surface area contributed by atoms with Crippen LogP contribution in [0.15, 0.2) is 18.2 Å². The smallest absolute Gasteiger partial charge is 0.409 e. The Bertz CT molecular complexity index is 617. The molecule has 2 fully saturated rings. The van der Waals surface area contributed by atoms with E-state index in [0.717, 1.165) is 44.6 Å². The van der Waals surface area contributed by atoms with Gasteiger partial charge in [0.15, 0.2) is 5.78 Å². The molecule has 0 aromatic heterocycles. The predicted octanol–water partition coefficient (Wildman–Crippen LogP) is 3.64. The van der Waals surface area contributed by atoms with Crippen molar-refractivity contribution < 1.29 is 14.3 Å². The molecule has 1 amide bonds. The lowest BCUT2D eigenvalue weighted by Crippen LogP contribution is -2.31. The number of Topliss-reactive ketones (excluding diaryl/α,β-unsaturated/α-hetero) is 1. The van der Waals surface area contributed by atoms with Gasteiger partial charge in [0.1, 0.15) is 5.75 Å². The zero-order valence-electron chi connectivity index (χ0n) is 14.6. The Kier molecular flexibility index (Phi) is 5.19. The Balaban J connectivity index is 1.82. The fourth-order valence-electron chi connectivity index (χ4n) is 3.57. The van der Waals surface area contributed by atoms with E-state index in [1.807, 2.05) is 12.1 Å². The molecule has 0 bridgehead atoms. The number of benzene rings is 1. The van der Waals surface area contributed by atoms with Crippen LogP contribution >= 0.6 is 0 Å². The van der Waals surface area contributed by atoms with E-state index in [4.69, 9.17) is 4.74 Å². The lowest BCUT2D eigenvalue weighted by Gasteiger charge is -2.25. The average Bonchev–Trinajstić information content (AvgIpc) is 3.27. The van der Waals surface area contributed by atoms with E-state index in [0.29, 0.717) is 11.3 Å². The number of likely N-dealkylation sites (tertiary alicyclic amines) is 2. The third-order valence-electron chi connectivity index (χ3n) is 5.12. The molecule has 24 heavy (non-hydrogen) atoms. The van der Waals surface area contributed by atoms with Crippen molar-refractivity contribution in [2.75, 3.05) is 26.2 Å². The molecule has 2 aliphatic rings. The van der Waals surface area contributed by atoms with Crippen molar-refractivity contribution in [2.45, 2.75) is 45.6 Å². The highest BCUT2D eigenvalue weighted by Gasteiger charge is 2.24. The first kappa shape index (κ1) is 17.0. The SMILES string of the molecule is CC(=O)c1ccc(C(C)N2CCCC2)cc1OC(=O)N1CCCC1. The number of hydrogen-bond acceptors (Lipinski definition) is 4. The number of nitrogens with zero attached hydrogens (tertiary/aromatic N) is 2. The minimum Gasteiger partial charge on any atom is -0.409 e. The Hall–Kier alpha value is -1.88. The summed E-state index contributed by atoms with van der Waals surface area (Å²) in [6.07, 6.45) is 4.14. The lowest BCUT2D eigenvalue weighted by atomic mass is 10.0. The second-order valence-corrected chi connectivity index (χ2v) is 6.79. The van der Waals surface area contributed by atoms with Crippen LogP contribution in [0.4, 0.5) is 4.79 Å². The van der Waals surface area contributed by atoms with Gasteiger partial charge in [-0.25, -0.2) is 4.79 Å². The van der Waals surface area contributed by atoms with Crippen LogP contribution in [0.3, 0.4) is 0 Å². The largest absolute Gasteiger partial charge is 0.415 e. The van der Waals surface area contributed by atoms with Gasteiger partial charge in [0.25, 0.3) is 0 Å². The van der Waals surface area contributed by atoms with Gasteiger partial charge in [-0.05, 0) is 70.3 Å². The maximum atomic E-state index is 12.3. The van der Waals surface area contributed by atoms with Crippen LogP contribution in [0.25, 0.3) is 0 Å². The summed E-state index contributed by atoms with van der Waals surface area (Å²) in [6.45, 7) is 7.33.